The molecule has 0 bridgehead atoms. The molecule has 2 aromatic carbocycles. The quantitative estimate of drug-likeness (QED) is 0.429. The summed E-state index contributed by atoms with van der Waals surface area (Å²) in [7, 11) is 0. The van der Waals surface area contributed by atoms with Crippen LogP contribution in [0.3, 0.4) is 0 Å². The Balaban J connectivity index is 2.54. The van der Waals surface area contributed by atoms with Crippen molar-refractivity contribution in [1.29, 1.82) is 0 Å². The molecule has 0 radical (unpaired) electrons. The van der Waals surface area contributed by atoms with Gasteiger partial charge in [-0.05, 0) is 30.5 Å². The number of esters is 1. The van der Waals surface area contributed by atoms with Crippen molar-refractivity contribution in [3.8, 4) is 0 Å². The summed E-state index contributed by atoms with van der Waals surface area (Å²) in [6.07, 6.45) is 0. The van der Waals surface area contributed by atoms with Crippen molar-refractivity contribution in [2.75, 3.05) is 11.9 Å². The molecule has 0 aliphatic heterocycles. The predicted octanol–water partition coefficient (Wildman–Crippen LogP) is 4.55. The average Bonchev–Trinajstić information content (AvgIpc) is 2.61. The van der Waals surface area contributed by atoms with Gasteiger partial charge < -0.3 is 10.1 Å². The maximum atomic E-state index is 11.9. The fourth-order valence-electron chi connectivity index (χ4n) is 2.46. The highest BCUT2D eigenvalue weighted by atomic mass is 16.6. The predicted molar refractivity (Wildman–Crippen MR) is 99.5 cm³/mol. The molecule has 0 aliphatic rings. The molecule has 0 aromatic heterocycles. The SMILES string of the molecule is CCOC(=O)c1cc([N+](=O)[O-])c(Nc2ccc(C(C)C)cc2)c([N+](=O)[O-])c1. The number of ether oxygens (including phenoxy) is 1. The second-order valence-corrected chi connectivity index (χ2v) is 6.03. The van der Waals surface area contributed by atoms with Crippen molar-refractivity contribution < 1.29 is 19.4 Å². The highest BCUT2D eigenvalue weighted by molar-refractivity contribution is 5.94. The van der Waals surface area contributed by atoms with E-state index in [9.17, 15) is 25.0 Å². The van der Waals surface area contributed by atoms with Crippen molar-refractivity contribution in [3.05, 3.63) is 67.8 Å². The van der Waals surface area contributed by atoms with Crippen LogP contribution in [0.25, 0.3) is 0 Å². The Hall–Kier alpha value is -3.49. The van der Waals surface area contributed by atoms with Crippen molar-refractivity contribution in [1.82, 2.24) is 0 Å². The van der Waals surface area contributed by atoms with Gasteiger partial charge in [0.25, 0.3) is 0 Å². The lowest BCUT2D eigenvalue weighted by Crippen LogP contribution is -2.08. The summed E-state index contributed by atoms with van der Waals surface area (Å²) in [6, 6.07) is 8.96. The van der Waals surface area contributed by atoms with Crippen molar-refractivity contribution >= 4 is 28.7 Å². The van der Waals surface area contributed by atoms with E-state index in [0.717, 1.165) is 17.7 Å². The molecule has 0 spiro atoms. The van der Waals surface area contributed by atoms with Crippen molar-refractivity contribution in [3.63, 3.8) is 0 Å². The third-order valence-electron chi connectivity index (χ3n) is 3.85. The summed E-state index contributed by atoms with van der Waals surface area (Å²) in [5.74, 6) is -0.567. The third kappa shape index (κ3) is 4.57. The molecule has 0 unspecified atom stereocenters. The second kappa shape index (κ2) is 8.26. The Morgan fingerprint density at radius 1 is 1.07 bits per heavy atom. The largest absolute Gasteiger partial charge is 0.462 e. The van der Waals surface area contributed by atoms with E-state index in [1.807, 2.05) is 26.0 Å². The van der Waals surface area contributed by atoms with Gasteiger partial charge in [0.15, 0.2) is 5.69 Å². The molecule has 0 saturated heterocycles. The Morgan fingerprint density at radius 3 is 2.00 bits per heavy atom. The minimum Gasteiger partial charge on any atom is -0.462 e. The first-order valence-electron chi connectivity index (χ1n) is 8.25. The number of nitrogens with one attached hydrogen (secondary N) is 1. The van der Waals surface area contributed by atoms with E-state index >= 15 is 0 Å². The standard InChI is InChI=1S/C18H19N3O6/c1-4-27-18(22)13-9-15(20(23)24)17(16(10-13)21(25)26)19-14-7-5-12(6-8-14)11(2)3/h5-11,19H,4H2,1-3H3. The van der Waals surface area contributed by atoms with Crippen LogP contribution in [0.4, 0.5) is 22.7 Å². The lowest BCUT2D eigenvalue weighted by molar-refractivity contribution is -0.392. The van der Waals surface area contributed by atoms with E-state index in [0.29, 0.717) is 11.6 Å². The summed E-state index contributed by atoms with van der Waals surface area (Å²) in [6.45, 7) is 5.65. The van der Waals surface area contributed by atoms with Crippen LogP contribution in [0.2, 0.25) is 0 Å². The van der Waals surface area contributed by atoms with E-state index in [-0.39, 0.29) is 17.9 Å². The molecule has 9 nitrogen and oxygen atoms in total. The first-order chi connectivity index (χ1) is 12.7. The number of nitrogens with zero attached hydrogens (tertiary/aromatic N) is 2. The van der Waals surface area contributed by atoms with Crippen LogP contribution in [0, 0.1) is 20.2 Å². The summed E-state index contributed by atoms with van der Waals surface area (Å²) in [5, 5.41) is 25.6. The number of hydrogen-bond acceptors (Lipinski definition) is 7. The van der Waals surface area contributed by atoms with Crippen LogP contribution in [0.5, 0.6) is 0 Å². The normalized spacial score (nSPS) is 10.5. The Bertz CT molecular complexity index is 842. The summed E-state index contributed by atoms with van der Waals surface area (Å²) < 4.78 is 4.79. The van der Waals surface area contributed by atoms with Crippen LogP contribution in [-0.4, -0.2) is 22.4 Å². The van der Waals surface area contributed by atoms with Crippen molar-refractivity contribution in [2.45, 2.75) is 26.7 Å². The number of rotatable bonds is 7. The van der Waals surface area contributed by atoms with Gasteiger partial charge in [0.2, 0.25) is 0 Å². The molecular weight excluding hydrogens is 354 g/mol. The molecule has 2 aromatic rings. The fourth-order valence-corrected chi connectivity index (χ4v) is 2.46. The first kappa shape index (κ1) is 19.8. The number of carbonyl (C=O) groups is 1. The Kier molecular flexibility index (Phi) is 6.07. The molecule has 2 rings (SSSR count). The third-order valence-corrected chi connectivity index (χ3v) is 3.85. The molecule has 0 fully saturated rings. The topological polar surface area (TPSA) is 125 Å². The van der Waals surface area contributed by atoms with Crippen molar-refractivity contribution in [2.24, 2.45) is 0 Å². The van der Waals surface area contributed by atoms with Crippen LogP contribution in [-0.2, 0) is 4.74 Å². The maximum Gasteiger partial charge on any atom is 0.338 e. The number of nitro groups is 2. The number of hydrogen-bond donors (Lipinski definition) is 1. The van der Waals surface area contributed by atoms with Crippen LogP contribution in [0.1, 0.15) is 42.6 Å². The molecule has 0 atom stereocenters. The Morgan fingerprint density at radius 2 is 1.59 bits per heavy atom. The number of anilines is 2. The van der Waals surface area contributed by atoms with Gasteiger partial charge in [-0.1, -0.05) is 26.0 Å². The lowest BCUT2D eigenvalue weighted by atomic mass is 10.0. The zero-order valence-electron chi connectivity index (χ0n) is 15.1. The molecule has 27 heavy (non-hydrogen) atoms. The number of benzene rings is 2. The van der Waals surface area contributed by atoms with E-state index in [1.165, 1.54) is 0 Å². The van der Waals surface area contributed by atoms with Gasteiger partial charge in [-0.25, -0.2) is 4.79 Å². The number of nitro benzene ring substituents is 2. The minimum absolute atomic E-state index is 0.0443. The van der Waals surface area contributed by atoms with Crippen LogP contribution < -0.4 is 5.32 Å². The van der Waals surface area contributed by atoms with Gasteiger partial charge in [-0.2, -0.15) is 0 Å². The summed E-state index contributed by atoms with van der Waals surface area (Å²) >= 11 is 0. The smallest absolute Gasteiger partial charge is 0.338 e. The van der Waals surface area contributed by atoms with Gasteiger partial charge in [0, 0.05) is 17.8 Å². The van der Waals surface area contributed by atoms with Gasteiger partial charge >= 0.3 is 17.3 Å². The molecule has 1 N–H and O–H groups in total. The van der Waals surface area contributed by atoms with Gasteiger partial charge in [-0.15, -0.1) is 0 Å². The fraction of sp³-hybridized carbons (Fsp3) is 0.278. The molecular formula is C18H19N3O6. The molecule has 0 amide bonds. The molecule has 0 aliphatic carbocycles. The lowest BCUT2D eigenvalue weighted by Gasteiger charge is -2.11. The molecule has 9 heteroatoms. The molecule has 0 saturated carbocycles. The number of carbonyl (C=O) groups excluding carboxylic acids is 1. The minimum atomic E-state index is -0.864. The van der Waals surface area contributed by atoms with E-state index < -0.39 is 27.2 Å². The zero-order chi connectivity index (χ0) is 20.1. The van der Waals surface area contributed by atoms with E-state index in [2.05, 4.69) is 5.32 Å². The van der Waals surface area contributed by atoms with E-state index in [4.69, 9.17) is 4.74 Å². The summed E-state index contributed by atoms with van der Waals surface area (Å²) in [5.41, 5.74) is -0.205. The molecule has 0 heterocycles. The average molecular weight is 373 g/mol. The Labute approximate surface area is 155 Å². The zero-order valence-corrected chi connectivity index (χ0v) is 15.1. The first-order valence-corrected chi connectivity index (χ1v) is 8.25. The van der Waals surface area contributed by atoms with Crippen LogP contribution in [0.15, 0.2) is 36.4 Å². The van der Waals surface area contributed by atoms with Gasteiger partial charge in [0.05, 0.1) is 22.0 Å². The monoisotopic (exact) mass is 373 g/mol. The maximum absolute atomic E-state index is 11.9. The highest BCUT2D eigenvalue weighted by Crippen LogP contribution is 2.38. The van der Waals surface area contributed by atoms with E-state index in [1.54, 1.807) is 19.1 Å². The summed E-state index contributed by atoms with van der Waals surface area (Å²) in [4.78, 5) is 33.2. The van der Waals surface area contributed by atoms with Crippen LogP contribution >= 0.6 is 0 Å². The van der Waals surface area contributed by atoms with Gasteiger partial charge in [0.1, 0.15) is 0 Å². The highest BCUT2D eigenvalue weighted by Gasteiger charge is 2.29. The molecule has 142 valence electrons. The second-order valence-electron chi connectivity index (χ2n) is 6.03. The van der Waals surface area contributed by atoms with Gasteiger partial charge in [-0.3, -0.25) is 20.2 Å².